The number of alkyl halides is 2. The molecule has 134 valence electrons. The normalized spacial score (nSPS) is 21.5. The molecule has 1 heterocycles. The van der Waals surface area contributed by atoms with Crippen LogP contribution < -0.4 is 5.32 Å². The maximum Gasteiger partial charge on any atom is 0.261 e. The molecule has 1 saturated heterocycles. The SMILES string of the molecule is CC(=O)NC[C@H]1CCC(F)(F)CN1S(=O)(=O)c1cc(Br)ccc1C. The number of nitrogens with zero attached hydrogens (tertiary/aromatic N) is 1. The van der Waals surface area contributed by atoms with Crippen LogP contribution in [0.4, 0.5) is 8.78 Å². The van der Waals surface area contributed by atoms with E-state index in [9.17, 15) is 22.0 Å². The highest BCUT2D eigenvalue weighted by Gasteiger charge is 2.45. The number of aryl methyl sites for hydroxylation is 1. The van der Waals surface area contributed by atoms with Gasteiger partial charge in [-0.3, -0.25) is 4.79 Å². The third kappa shape index (κ3) is 4.31. The lowest BCUT2D eigenvalue weighted by atomic mass is 10.0. The molecule has 1 amide bonds. The van der Waals surface area contributed by atoms with Gasteiger partial charge in [-0.2, -0.15) is 4.31 Å². The zero-order chi connectivity index (χ0) is 18.1. The van der Waals surface area contributed by atoms with E-state index in [4.69, 9.17) is 0 Å². The highest BCUT2D eigenvalue weighted by Crippen LogP contribution is 2.35. The number of sulfonamides is 1. The molecule has 0 unspecified atom stereocenters. The Morgan fingerprint density at radius 1 is 1.46 bits per heavy atom. The molecule has 0 saturated carbocycles. The van der Waals surface area contributed by atoms with Crippen molar-refractivity contribution in [3.8, 4) is 0 Å². The molecule has 5 nitrogen and oxygen atoms in total. The first-order valence-electron chi connectivity index (χ1n) is 7.43. The van der Waals surface area contributed by atoms with Crippen molar-refractivity contribution in [2.24, 2.45) is 0 Å². The highest BCUT2D eigenvalue weighted by molar-refractivity contribution is 9.10. The van der Waals surface area contributed by atoms with Gasteiger partial charge in [0.1, 0.15) is 0 Å². The molecule has 0 aliphatic carbocycles. The predicted octanol–water partition coefficient (Wildman–Crippen LogP) is 2.68. The molecular weight excluding hydrogens is 406 g/mol. The average Bonchev–Trinajstić information content (AvgIpc) is 2.47. The van der Waals surface area contributed by atoms with Crippen molar-refractivity contribution in [2.45, 2.75) is 43.5 Å². The maximum absolute atomic E-state index is 13.8. The minimum absolute atomic E-state index is 0.0116. The van der Waals surface area contributed by atoms with Crippen LogP contribution in [0.25, 0.3) is 0 Å². The van der Waals surface area contributed by atoms with Gasteiger partial charge in [0.2, 0.25) is 15.9 Å². The van der Waals surface area contributed by atoms with E-state index in [-0.39, 0.29) is 23.8 Å². The Kier molecular flexibility index (Phi) is 5.66. The number of piperidine rings is 1. The van der Waals surface area contributed by atoms with Crippen molar-refractivity contribution < 1.29 is 22.0 Å². The first kappa shape index (κ1) is 19.3. The third-order valence-electron chi connectivity index (χ3n) is 3.96. The number of carbonyl (C=O) groups is 1. The number of amides is 1. The first-order valence-corrected chi connectivity index (χ1v) is 9.66. The monoisotopic (exact) mass is 424 g/mol. The van der Waals surface area contributed by atoms with E-state index in [1.165, 1.54) is 13.0 Å². The van der Waals surface area contributed by atoms with Crippen LogP contribution in [0.15, 0.2) is 27.6 Å². The van der Waals surface area contributed by atoms with Gasteiger partial charge in [-0.15, -0.1) is 0 Å². The number of nitrogens with one attached hydrogen (secondary N) is 1. The zero-order valence-electron chi connectivity index (χ0n) is 13.4. The Morgan fingerprint density at radius 2 is 2.12 bits per heavy atom. The summed E-state index contributed by atoms with van der Waals surface area (Å²) in [6.07, 6.45) is -0.416. The largest absolute Gasteiger partial charge is 0.355 e. The molecule has 1 fully saturated rings. The fraction of sp³-hybridized carbons (Fsp3) is 0.533. The molecule has 0 aromatic heterocycles. The summed E-state index contributed by atoms with van der Waals surface area (Å²) in [5, 5.41) is 2.52. The van der Waals surface area contributed by atoms with Gasteiger partial charge in [0.25, 0.3) is 5.92 Å². The summed E-state index contributed by atoms with van der Waals surface area (Å²) in [4.78, 5) is 11.1. The van der Waals surface area contributed by atoms with Crippen LogP contribution in [0.2, 0.25) is 0 Å². The summed E-state index contributed by atoms with van der Waals surface area (Å²) in [5.41, 5.74) is 0.477. The third-order valence-corrected chi connectivity index (χ3v) is 6.49. The summed E-state index contributed by atoms with van der Waals surface area (Å²) in [7, 11) is -4.11. The Balaban J connectivity index is 2.41. The lowest BCUT2D eigenvalue weighted by molar-refractivity contribution is -0.119. The van der Waals surface area contributed by atoms with Gasteiger partial charge >= 0.3 is 0 Å². The molecule has 1 aliphatic rings. The van der Waals surface area contributed by atoms with E-state index < -0.39 is 35.0 Å². The van der Waals surface area contributed by atoms with Gasteiger partial charge in [-0.25, -0.2) is 17.2 Å². The predicted molar refractivity (Wildman–Crippen MR) is 89.4 cm³/mol. The molecule has 0 radical (unpaired) electrons. The van der Waals surface area contributed by atoms with E-state index in [2.05, 4.69) is 21.2 Å². The van der Waals surface area contributed by atoms with E-state index in [0.717, 1.165) is 4.31 Å². The number of halogens is 3. The summed E-state index contributed by atoms with van der Waals surface area (Å²) in [6.45, 7) is 2.04. The summed E-state index contributed by atoms with van der Waals surface area (Å²) in [6, 6.07) is 4.01. The van der Waals surface area contributed by atoms with Crippen LogP contribution in [-0.4, -0.2) is 43.7 Å². The average molecular weight is 425 g/mol. The fourth-order valence-electron chi connectivity index (χ4n) is 2.68. The van der Waals surface area contributed by atoms with Gasteiger partial charge in [0.05, 0.1) is 11.4 Å². The van der Waals surface area contributed by atoms with Crippen molar-refractivity contribution in [3.63, 3.8) is 0 Å². The molecule has 9 heteroatoms. The molecule has 0 spiro atoms. The molecule has 1 N–H and O–H groups in total. The number of carbonyl (C=O) groups excluding carboxylic acids is 1. The van der Waals surface area contributed by atoms with Gasteiger partial charge in [0.15, 0.2) is 0 Å². The van der Waals surface area contributed by atoms with Crippen LogP contribution >= 0.6 is 15.9 Å². The second kappa shape index (κ2) is 7.05. The van der Waals surface area contributed by atoms with Crippen molar-refractivity contribution in [3.05, 3.63) is 28.2 Å². The minimum atomic E-state index is -4.11. The standard InChI is InChI=1S/C15H19BrF2N2O3S/c1-10-3-4-12(16)7-14(10)24(22,23)20-9-15(17,18)6-5-13(20)8-19-11(2)21/h3-4,7,13H,5-6,8-9H2,1-2H3,(H,19,21)/t13-/m1/s1. The topological polar surface area (TPSA) is 66.5 Å². The van der Waals surface area contributed by atoms with Crippen molar-refractivity contribution in [1.82, 2.24) is 9.62 Å². The van der Waals surface area contributed by atoms with Crippen LogP contribution in [0, 0.1) is 6.92 Å². The molecule has 2 rings (SSSR count). The molecule has 24 heavy (non-hydrogen) atoms. The molecule has 1 aromatic rings. The van der Waals surface area contributed by atoms with Crippen molar-refractivity contribution in [1.29, 1.82) is 0 Å². The van der Waals surface area contributed by atoms with Crippen LogP contribution in [-0.2, 0) is 14.8 Å². The smallest absolute Gasteiger partial charge is 0.261 e. The van der Waals surface area contributed by atoms with E-state index in [0.29, 0.717) is 10.0 Å². The molecular formula is C15H19BrF2N2O3S. The number of hydrogen-bond acceptors (Lipinski definition) is 3. The number of hydrogen-bond donors (Lipinski definition) is 1. The summed E-state index contributed by atoms with van der Waals surface area (Å²) < 4.78 is 55.0. The maximum atomic E-state index is 13.8. The molecule has 1 aliphatic heterocycles. The van der Waals surface area contributed by atoms with Gasteiger partial charge in [-0.1, -0.05) is 22.0 Å². The highest BCUT2D eigenvalue weighted by atomic mass is 79.9. The van der Waals surface area contributed by atoms with Crippen LogP contribution in [0.5, 0.6) is 0 Å². The van der Waals surface area contributed by atoms with Gasteiger partial charge in [0, 0.05) is 30.4 Å². The minimum Gasteiger partial charge on any atom is -0.355 e. The first-order chi connectivity index (χ1) is 11.0. The Morgan fingerprint density at radius 3 is 2.75 bits per heavy atom. The summed E-state index contributed by atoms with van der Waals surface area (Å²) >= 11 is 3.21. The van der Waals surface area contributed by atoms with Crippen molar-refractivity contribution in [2.75, 3.05) is 13.1 Å². The second-order valence-electron chi connectivity index (χ2n) is 5.95. The van der Waals surface area contributed by atoms with E-state index in [1.54, 1.807) is 19.1 Å². The zero-order valence-corrected chi connectivity index (χ0v) is 15.8. The van der Waals surface area contributed by atoms with Crippen LogP contribution in [0.3, 0.4) is 0 Å². The quantitative estimate of drug-likeness (QED) is 0.807. The Labute approximate surface area is 148 Å². The van der Waals surface area contributed by atoms with Gasteiger partial charge < -0.3 is 5.32 Å². The second-order valence-corrected chi connectivity index (χ2v) is 8.72. The fourth-order valence-corrected chi connectivity index (χ4v) is 5.13. The molecule has 1 atom stereocenters. The molecule has 0 bridgehead atoms. The molecule has 1 aromatic carbocycles. The Hall–Kier alpha value is -1.06. The lowest BCUT2D eigenvalue weighted by Crippen LogP contribution is -2.54. The Bertz CT molecular complexity index is 740. The lowest BCUT2D eigenvalue weighted by Gasteiger charge is -2.38. The van der Waals surface area contributed by atoms with Crippen LogP contribution in [0.1, 0.15) is 25.3 Å². The van der Waals surface area contributed by atoms with Gasteiger partial charge in [-0.05, 0) is 31.0 Å². The van der Waals surface area contributed by atoms with E-state index in [1.807, 2.05) is 0 Å². The van der Waals surface area contributed by atoms with E-state index >= 15 is 0 Å². The number of rotatable bonds is 4. The van der Waals surface area contributed by atoms with Crippen molar-refractivity contribution >= 4 is 31.9 Å². The number of benzene rings is 1. The summed E-state index contributed by atoms with van der Waals surface area (Å²) in [5.74, 6) is -3.41.